The molecule has 0 spiro atoms. The Labute approximate surface area is 232 Å². The van der Waals surface area contributed by atoms with Crippen molar-refractivity contribution in [3.63, 3.8) is 0 Å². The van der Waals surface area contributed by atoms with Crippen molar-refractivity contribution in [1.82, 2.24) is 14.8 Å². The monoisotopic (exact) mass is 569 g/mol. The van der Waals surface area contributed by atoms with Gasteiger partial charge in [-0.3, -0.25) is 14.4 Å². The van der Waals surface area contributed by atoms with Crippen molar-refractivity contribution in [1.29, 1.82) is 0 Å². The number of fused-ring (bicyclic) bond motifs is 1. The molecule has 2 unspecified atom stereocenters. The van der Waals surface area contributed by atoms with Crippen molar-refractivity contribution in [2.24, 2.45) is 0 Å². The molecule has 10 heteroatoms. The minimum atomic E-state index is -1.62. The molecule has 2 amide bonds. The van der Waals surface area contributed by atoms with Gasteiger partial charge in [-0.2, -0.15) is 0 Å². The molecule has 39 heavy (non-hydrogen) atoms. The third-order valence-corrected chi connectivity index (χ3v) is 7.67. The highest BCUT2D eigenvalue weighted by atomic mass is 35.5. The van der Waals surface area contributed by atoms with Gasteiger partial charge in [0.25, 0.3) is 0 Å². The molecule has 0 aliphatic carbocycles. The number of carbonyl (C=O) groups excluding carboxylic acids is 3. The van der Waals surface area contributed by atoms with Crippen molar-refractivity contribution in [2.45, 2.75) is 58.3 Å². The zero-order chi connectivity index (χ0) is 28.5. The van der Waals surface area contributed by atoms with Gasteiger partial charge in [-0.1, -0.05) is 55.4 Å². The van der Waals surface area contributed by atoms with E-state index in [4.69, 9.17) is 11.6 Å². The molecule has 1 aromatic heterocycles. The lowest BCUT2D eigenvalue weighted by Crippen LogP contribution is -2.46. The Balaban J connectivity index is 1.57. The molecule has 2 heterocycles. The largest absolute Gasteiger partial charge is 0.350 e. The van der Waals surface area contributed by atoms with Gasteiger partial charge in [0, 0.05) is 41.2 Å². The number of hydrogen-bond donors (Lipinski definition) is 1. The Morgan fingerprint density at radius 1 is 1.18 bits per heavy atom. The number of benzene rings is 2. The topological polar surface area (TPSA) is 71.4 Å². The Hall–Kier alpha value is -3.48. The fourth-order valence-electron chi connectivity index (χ4n) is 4.57. The van der Waals surface area contributed by atoms with Gasteiger partial charge in [0.15, 0.2) is 5.78 Å². The lowest BCUT2D eigenvalue weighted by Gasteiger charge is -2.24. The molecule has 1 fully saturated rings. The van der Waals surface area contributed by atoms with Crippen LogP contribution in [0.4, 0.5) is 8.78 Å². The van der Waals surface area contributed by atoms with Crippen LogP contribution in [0.1, 0.15) is 34.8 Å². The average Bonchev–Trinajstić information content (AvgIpc) is 3.43. The smallest absolute Gasteiger partial charge is 0.243 e. The summed E-state index contributed by atoms with van der Waals surface area (Å²) in [4.78, 5) is 39.8. The van der Waals surface area contributed by atoms with Gasteiger partial charge in [-0.25, -0.2) is 8.78 Å². The van der Waals surface area contributed by atoms with Crippen LogP contribution in [0.25, 0.3) is 10.9 Å². The number of hydrogen-bond acceptors (Lipinski definition) is 3. The number of nitrogens with one attached hydrogen (secondary N) is 1. The number of ketones is 1. The number of halogens is 3. The minimum absolute atomic E-state index is 0.0678. The summed E-state index contributed by atoms with van der Waals surface area (Å²) in [6.45, 7) is 7.31. The highest BCUT2D eigenvalue weighted by molar-refractivity contribution is 6.83. The predicted molar refractivity (Wildman–Crippen MR) is 150 cm³/mol. The van der Waals surface area contributed by atoms with Crippen LogP contribution in [0.5, 0.6) is 0 Å². The summed E-state index contributed by atoms with van der Waals surface area (Å²) in [5, 5.41) is 3.22. The van der Waals surface area contributed by atoms with Crippen molar-refractivity contribution >= 4 is 48.2 Å². The third kappa shape index (κ3) is 6.57. The number of nitrogens with zero attached hydrogens (tertiary/aromatic N) is 2. The number of carbonyl (C=O) groups is 3. The van der Waals surface area contributed by atoms with Crippen LogP contribution in [-0.4, -0.2) is 53.9 Å². The van der Waals surface area contributed by atoms with E-state index in [-0.39, 0.29) is 42.4 Å². The third-order valence-electron chi connectivity index (χ3n) is 6.51. The second-order valence-electron chi connectivity index (χ2n) is 10.8. The van der Waals surface area contributed by atoms with Crippen molar-refractivity contribution in [2.75, 3.05) is 6.54 Å². The van der Waals surface area contributed by atoms with E-state index in [1.165, 1.54) is 24.0 Å². The highest BCUT2D eigenvalue weighted by Crippen LogP contribution is 2.26. The molecule has 1 aliphatic heterocycles. The molecule has 2 atom stereocenters. The minimum Gasteiger partial charge on any atom is -0.350 e. The SMILES string of the molecule is CC(=O)c1cn(CC(=O)N2CC(F)CC2C(=O)NCc2cccc(Cl)c2F)c2cc(C#C[Si](C)(C)C)ccc12. The van der Waals surface area contributed by atoms with Crippen LogP contribution >= 0.6 is 11.6 Å². The lowest BCUT2D eigenvalue weighted by atomic mass is 10.1. The Morgan fingerprint density at radius 3 is 2.62 bits per heavy atom. The van der Waals surface area contributed by atoms with Gasteiger partial charge in [-0.05, 0) is 25.1 Å². The molecule has 1 saturated heterocycles. The molecule has 6 nitrogen and oxygen atoms in total. The second-order valence-corrected chi connectivity index (χ2v) is 15.9. The van der Waals surface area contributed by atoms with Crippen molar-refractivity contribution in [3.8, 4) is 11.5 Å². The van der Waals surface area contributed by atoms with E-state index >= 15 is 0 Å². The molecule has 0 saturated carbocycles. The highest BCUT2D eigenvalue weighted by Gasteiger charge is 2.39. The first-order chi connectivity index (χ1) is 18.3. The summed E-state index contributed by atoms with van der Waals surface area (Å²) in [5.74, 6) is 1.36. The fourth-order valence-corrected chi connectivity index (χ4v) is 5.28. The number of aromatic nitrogens is 1. The van der Waals surface area contributed by atoms with E-state index in [1.54, 1.807) is 16.8 Å². The van der Waals surface area contributed by atoms with E-state index < -0.39 is 37.9 Å². The van der Waals surface area contributed by atoms with Crippen LogP contribution in [-0.2, 0) is 22.7 Å². The van der Waals surface area contributed by atoms with E-state index in [0.29, 0.717) is 16.5 Å². The Kier molecular flexibility index (Phi) is 8.28. The Morgan fingerprint density at radius 2 is 1.92 bits per heavy atom. The summed E-state index contributed by atoms with van der Waals surface area (Å²) >= 11 is 5.81. The van der Waals surface area contributed by atoms with E-state index in [0.717, 1.165) is 5.56 Å². The fraction of sp³-hybridized carbons (Fsp3) is 0.345. The summed E-state index contributed by atoms with van der Waals surface area (Å²) < 4.78 is 30.3. The van der Waals surface area contributed by atoms with Crippen molar-refractivity contribution < 1.29 is 23.2 Å². The first-order valence-corrected chi connectivity index (χ1v) is 16.5. The maximum atomic E-state index is 14.4. The van der Waals surface area contributed by atoms with E-state index in [2.05, 4.69) is 36.4 Å². The molecular weight excluding hydrogens is 540 g/mol. The number of likely N-dealkylation sites (tertiary alicyclic amines) is 1. The van der Waals surface area contributed by atoms with Gasteiger partial charge in [-0.15, -0.1) is 5.54 Å². The molecule has 0 radical (unpaired) electrons. The van der Waals surface area contributed by atoms with Crippen LogP contribution in [0.3, 0.4) is 0 Å². The molecule has 1 aliphatic rings. The van der Waals surface area contributed by atoms with Crippen LogP contribution < -0.4 is 5.32 Å². The van der Waals surface area contributed by atoms with E-state index in [9.17, 15) is 23.2 Å². The van der Waals surface area contributed by atoms with Gasteiger partial charge in [0.05, 0.1) is 17.1 Å². The van der Waals surface area contributed by atoms with E-state index in [1.807, 2.05) is 18.2 Å². The standard InChI is InChI=1S/C29H30ClF2N3O3Si/c1-18(36)23-16-34(25-12-19(8-9-22(23)25)10-11-39(2,3)4)17-27(37)35-15-21(31)13-26(35)29(38)33-14-20-6-5-7-24(30)28(20)32/h5-9,12,16,21,26H,13-15,17H2,1-4H3,(H,33,38). The molecule has 0 bridgehead atoms. The summed E-state index contributed by atoms with van der Waals surface area (Å²) in [6.07, 6.45) is 0.0860. The average molecular weight is 570 g/mol. The molecule has 1 N–H and O–H groups in total. The summed E-state index contributed by atoms with van der Waals surface area (Å²) in [5.41, 5.74) is 5.38. The van der Waals surface area contributed by atoms with Gasteiger partial charge < -0.3 is 14.8 Å². The van der Waals surface area contributed by atoms with Gasteiger partial charge in [0.2, 0.25) is 11.8 Å². The quantitative estimate of drug-likeness (QED) is 0.254. The Bertz CT molecular complexity index is 1520. The lowest BCUT2D eigenvalue weighted by molar-refractivity contribution is -0.139. The summed E-state index contributed by atoms with van der Waals surface area (Å²) in [6, 6.07) is 8.93. The zero-order valence-corrected chi connectivity index (χ0v) is 24.0. The maximum absolute atomic E-state index is 14.4. The maximum Gasteiger partial charge on any atom is 0.243 e. The molecule has 3 aromatic rings. The number of amides is 2. The first-order valence-electron chi connectivity index (χ1n) is 12.6. The van der Waals surface area contributed by atoms with Crippen molar-refractivity contribution in [3.05, 3.63) is 70.1 Å². The predicted octanol–water partition coefficient (Wildman–Crippen LogP) is 5.12. The van der Waals surface area contributed by atoms with Crippen LogP contribution in [0.2, 0.25) is 24.7 Å². The normalized spacial score (nSPS) is 17.2. The van der Waals surface area contributed by atoms with Crippen LogP contribution in [0.15, 0.2) is 42.6 Å². The van der Waals surface area contributed by atoms with Gasteiger partial charge >= 0.3 is 0 Å². The number of rotatable bonds is 6. The molecule has 204 valence electrons. The summed E-state index contributed by atoms with van der Waals surface area (Å²) in [7, 11) is -1.62. The second kappa shape index (κ2) is 11.3. The van der Waals surface area contributed by atoms with Gasteiger partial charge in [0.1, 0.15) is 32.6 Å². The molecule has 2 aromatic carbocycles. The molecule has 4 rings (SSSR count). The zero-order valence-electron chi connectivity index (χ0n) is 22.3. The number of Topliss-reactive ketones (excluding diaryl/α,β-unsaturated/α-hetero) is 1. The molecular formula is C29H30ClF2N3O3Si. The number of alkyl halides is 1. The first kappa shape index (κ1) is 28.5. The van der Waals surface area contributed by atoms with Crippen LogP contribution in [0, 0.1) is 17.3 Å².